The maximum atomic E-state index is 13.2. The van der Waals surface area contributed by atoms with Crippen LogP contribution in [0.1, 0.15) is 39.5 Å². The smallest absolute Gasteiger partial charge is 0.243 e. The Morgan fingerprint density at radius 2 is 2.03 bits per heavy atom. The lowest BCUT2D eigenvalue weighted by Crippen LogP contribution is -2.59. The highest BCUT2D eigenvalue weighted by Gasteiger charge is 2.53. The molecular weight excluding hydrogens is 426 g/mol. The van der Waals surface area contributed by atoms with E-state index >= 15 is 0 Å². The quantitative estimate of drug-likeness (QED) is 0.607. The van der Waals surface area contributed by atoms with E-state index in [0.717, 1.165) is 12.8 Å². The van der Waals surface area contributed by atoms with E-state index in [1.54, 1.807) is 25.3 Å². The average molecular weight is 458 g/mol. The Bertz CT molecular complexity index is 856. The Balaban J connectivity index is 1.78. The predicted octanol–water partition coefficient (Wildman–Crippen LogP) is 2.70. The second-order valence-corrected chi connectivity index (χ2v) is 10.6. The van der Waals surface area contributed by atoms with Gasteiger partial charge in [-0.1, -0.05) is 37.9 Å². The molecule has 0 bridgehead atoms. The van der Waals surface area contributed by atoms with Gasteiger partial charge in [-0.05, 0) is 43.4 Å². The third kappa shape index (κ3) is 4.53. The van der Waals surface area contributed by atoms with Crippen LogP contribution in [0.3, 0.4) is 0 Å². The second kappa shape index (κ2) is 9.53. The standard InChI is InChI=1S/C21H32ClN3O4S/c1-4-16(2)19-20(26)25(11-6-14-29-3)21(23-19)9-12-24(13-10-21)30(27,28)18-8-5-7-17(22)15-18/h5,7-8,15-16,19,23H,4,6,9-14H2,1-3H3. The highest BCUT2D eigenvalue weighted by Crippen LogP contribution is 2.36. The van der Waals surface area contributed by atoms with E-state index in [-0.39, 0.29) is 22.8 Å². The zero-order valence-electron chi connectivity index (χ0n) is 17.9. The summed E-state index contributed by atoms with van der Waals surface area (Å²) in [6.07, 6.45) is 2.76. The molecule has 2 aliphatic rings. The van der Waals surface area contributed by atoms with Crippen molar-refractivity contribution in [2.75, 3.05) is 33.4 Å². The molecule has 0 radical (unpaired) electrons. The number of piperidine rings is 1. The van der Waals surface area contributed by atoms with E-state index in [1.165, 1.54) is 10.4 Å². The SMILES string of the molecule is CCC(C)C1NC2(CCN(S(=O)(=O)c3cccc(Cl)c3)CC2)N(CCCOC)C1=O. The Hall–Kier alpha value is -1.19. The van der Waals surface area contributed by atoms with Crippen LogP contribution < -0.4 is 5.32 Å². The molecule has 1 aromatic rings. The van der Waals surface area contributed by atoms with Crippen LogP contribution in [0.5, 0.6) is 0 Å². The molecule has 1 aromatic carbocycles. The molecule has 0 aliphatic carbocycles. The lowest BCUT2D eigenvalue weighted by molar-refractivity contribution is -0.134. The largest absolute Gasteiger partial charge is 0.385 e. The number of rotatable bonds is 8. The van der Waals surface area contributed by atoms with Crippen LogP contribution in [0.25, 0.3) is 0 Å². The molecule has 0 aromatic heterocycles. The zero-order valence-corrected chi connectivity index (χ0v) is 19.5. The molecule has 2 atom stereocenters. The van der Waals surface area contributed by atoms with Gasteiger partial charge in [0, 0.05) is 38.4 Å². The minimum atomic E-state index is -3.62. The van der Waals surface area contributed by atoms with Gasteiger partial charge in [0.25, 0.3) is 0 Å². The third-order valence-electron chi connectivity index (χ3n) is 6.40. The first-order valence-corrected chi connectivity index (χ1v) is 12.4. The maximum Gasteiger partial charge on any atom is 0.243 e. The highest BCUT2D eigenvalue weighted by atomic mass is 35.5. The molecule has 168 valence electrons. The van der Waals surface area contributed by atoms with Crippen LogP contribution in [0.4, 0.5) is 0 Å². The molecule has 3 rings (SSSR count). The van der Waals surface area contributed by atoms with Crippen molar-refractivity contribution in [1.29, 1.82) is 0 Å². The number of hydrogen-bond donors (Lipinski definition) is 1. The van der Waals surface area contributed by atoms with Crippen LogP contribution in [-0.4, -0.2) is 68.6 Å². The summed E-state index contributed by atoms with van der Waals surface area (Å²) in [6.45, 7) is 6.06. The fourth-order valence-electron chi connectivity index (χ4n) is 4.41. The Morgan fingerprint density at radius 1 is 1.33 bits per heavy atom. The second-order valence-electron chi connectivity index (χ2n) is 8.24. The van der Waals surface area contributed by atoms with Crippen molar-refractivity contribution in [3.8, 4) is 0 Å². The Labute approximate surface area is 184 Å². The normalized spacial score (nSPS) is 23.3. The molecule has 1 spiro atoms. The summed E-state index contributed by atoms with van der Waals surface area (Å²) in [5.74, 6) is 0.335. The summed E-state index contributed by atoms with van der Waals surface area (Å²) < 4.78 is 32.8. The van der Waals surface area contributed by atoms with Gasteiger partial charge in [-0.15, -0.1) is 0 Å². The van der Waals surface area contributed by atoms with Gasteiger partial charge in [0.05, 0.1) is 16.6 Å². The van der Waals surface area contributed by atoms with Gasteiger partial charge in [0.15, 0.2) is 0 Å². The number of nitrogens with zero attached hydrogens (tertiary/aromatic N) is 2. The van der Waals surface area contributed by atoms with Crippen molar-refractivity contribution in [2.45, 2.75) is 56.1 Å². The molecule has 1 amide bonds. The molecule has 2 fully saturated rings. The minimum absolute atomic E-state index is 0.117. The van der Waals surface area contributed by atoms with E-state index in [0.29, 0.717) is 44.1 Å². The molecular formula is C21H32ClN3O4S. The number of sulfonamides is 1. The van der Waals surface area contributed by atoms with Crippen molar-refractivity contribution in [3.63, 3.8) is 0 Å². The highest BCUT2D eigenvalue weighted by molar-refractivity contribution is 7.89. The molecule has 0 saturated carbocycles. The van der Waals surface area contributed by atoms with Gasteiger partial charge in [0.1, 0.15) is 0 Å². The zero-order chi connectivity index (χ0) is 21.9. The fraction of sp³-hybridized carbons (Fsp3) is 0.667. The molecule has 2 unspecified atom stereocenters. The summed E-state index contributed by atoms with van der Waals surface area (Å²) >= 11 is 6.00. The topological polar surface area (TPSA) is 79.0 Å². The van der Waals surface area contributed by atoms with Crippen molar-refractivity contribution in [2.24, 2.45) is 5.92 Å². The monoisotopic (exact) mass is 457 g/mol. The molecule has 7 nitrogen and oxygen atoms in total. The average Bonchev–Trinajstić information content (AvgIpc) is 3.00. The number of carbonyl (C=O) groups is 1. The van der Waals surface area contributed by atoms with Crippen LogP contribution in [-0.2, 0) is 19.6 Å². The lowest BCUT2D eigenvalue weighted by atomic mass is 9.96. The molecule has 9 heteroatoms. The number of methoxy groups -OCH3 is 1. The van der Waals surface area contributed by atoms with Crippen LogP contribution in [0.15, 0.2) is 29.2 Å². The number of ether oxygens (including phenoxy) is 1. The number of hydrogen-bond acceptors (Lipinski definition) is 5. The van der Waals surface area contributed by atoms with Gasteiger partial charge >= 0.3 is 0 Å². The van der Waals surface area contributed by atoms with Gasteiger partial charge in [0.2, 0.25) is 15.9 Å². The van der Waals surface area contributed by atoms with Crippen LogP contribution in [0, 0.1) is 5.92 Å². The first kappa shape index (κ1) is 23.5. The summed E-state index contributed by atoms with van der Waals surface area (Å²) in [5, 5.41) is 3.99. The molecule has 30 heavy (non-hydrogen) atoms. The first-order chi connectivity index (χ1) is 14.2. The van der Waals surface area contributed by atoms with Crippen LogP contribution >= 0.6 is 11.6 Å². The van der Waals surface area contributed by atoms with Crippen molar-refractivity contribution in [3.05, 3.63) is 29.3 Å². The van der Waals surface area contributed by atoms with E-state index in [4.69, 9.17) is 16.3 Å². The summed E-state index contributed by atoms with van der Waals surface area (Å²) in [5.41, 5.74) is -0.501. The van der Waals surface area contributed by atoms with E-state index < -0.39 is 15.7 Å². The van der Waals surface area contributed by atoms with E-state index in [2.05, 4.69) is 19.2 Å². The van der Waals surface area contributed by atoms with E-state index in [9.17, 15) is 13.2 Å². The summed E-state index contributed by atoms with van der Waals surface area (Å²) in [4.78, 5) is 15.3. The number of nitrogens with one attached hydrogen (secondary N) is 1. The first-order valence-electron chi connectivity index (χ1n) is 10.6. The van der Waals surface area contributed by atoms with Crippen molar-refractivity contribution in [1.82, 2.24) is 14.5 Å². The Morgan fingerprint density at radius 3 is 2.63 bits per heavy atom. The Kier molecular flexibility index (Phi) is 7.45. The maximum absolute atomic E-state index is 13.2. The number of benzene rings is 1. The third-order valence-corrected chi connectivity index (χ3v) is 8.53. The number of carbonyl (C=O) groups excluding carboxylic acids is 1. The number of halogens is 1. The minimum Gasteiger partial charge on any atom is -0.385 e. The van der Waals surface area contributed by atoms with Crippen molar-refractivity contribution < 1.29 is 17.9 Å². The molecule has 2 saturated heterocycles. The van der Waals surface area contributed by atoms with Crippen molar-refractivity contribution >= 4 is 27.5 Å². The van der Waals surface area contributed by atoms with E-state index in [1.807, 2.05) is 4.90 Å². The predicted molar refractivity (Wildman–Crippen MR) is 117 cm³/mol. The molecule has 2 heterocycles. The van der Waals surface area contributed by atoms with Gasteiger partial charge in [-0.2, -0.15) is 4.31 Å². The molecule has 2 aliphatic heterocycles. The summed E-state index contributed by atoms with van der Waals surface area (Å²) in [6, 6.07) is 6.13. The lowest BCUT2D eigenvalue weighted by Gasteiger charge is -2.44. The molecule has 1 N–H and O–H groups in total. The van der Waals surface area contributed by atoms with Crippen LogP contribution in [0.2, 0.25) is 5.02 Å². The fourth-order valence-corrected chi connectivity index (χ4v) is 6.15. The van der Waals surface area contributed by atoms with Gasteiger partial charge in [-0.3, -0.25) is 10.1 Å². The number of amides is 1. The summed E-state index contributed by atoms with van der Waals surface area (Å²) in [7, 11) is -1.97. The van der Waals surface area contributed by atoms with Gasteiger partial charge in [-0.25, -0.2) is 8.42 Å². The van der Waals surface area contributed by atoms with Gasteiger partial charge < -0.3 is 9.64 Å².